The van der Waals surface area contributed by atoms with Crippen LogP contribution in [0.3, 0.4) is 0 Å². The molecule has 0 saturated heterocycles. The quantitative estimate of drug-likeness (QED) is 0.498. The molecule has 1 aliphatic carbocycles. The average Bonchev–Trinajstić information content (AvgIpc) is 2.33. The fourth-order valence-electron chi connectivity index (χ4n) is 1.30. The molecule has 0 unspecified atom stereocenters. The Morgan fingerprint density at radius 2 is 1.42 bits per heavy atom. The first-order valence-corrected chi connectivity index (χ1v) is 4.45. The van der Waals surface area contributed by atoms with Gasteiger partial charge in [0, 0.05) is 11.1 Å². The minimum Gasteiger partial charge on any atom is -0.292 e. The Kier molecular flexibility index (Phi) is 1.61. The fourth-order valence-corrected chi connectivity index (χ4v) is 1.80. The van der Waals surface area contributed by atoms with E-state index >= 15 is 0 Å². The van der Waals surface area contributed by atoms with Gasteiger partial charge in [0.1, 0.15) is 4.83 Å². The van der Waals surface area contributed by atoms with Crippen LogP contribution < -0.4 is 0 Å². The van der Waals surface area contributed by atoms with Gasteiger partial charge in [0.15, 0.2) is 11.6 Å². The molecule has 0 bridgehead atoms. The van der Waals surface area contributed by atoms with Crippen LogP contribution in [-0.4, -0.2) is 16.4 Å². The number of rotatable bonds is 0. The van der Waals surface area contributed by atoms with Gasteiger partial charge in [-0.25, -0.2) is 0 Å². The summed E-state index contributed by atoms with van der Waals surface area (Å²) in [6, 6.07) is 6.87. The Bertz CT molecular complexity index is 336. The third kappa shape index (κ3) is 0.862. The standard InChI is InChI=1S/C9H5BrO2/c10-7-8(11)5-3-1-2-4-6(5)9(7)12/h1-4,7H. The zero-order valence-electron chi connectivity index (χ0n) is 6.08. The van der Waals surface area contributed by atoms with Crippen molar-refractivity contribution in [3.8, 4) is 0 Å². The van der Waals surface area contributed by atoms with Crippen molar-refractivity contribution in [1.29, 1.82) is 0 Å². The van der Waals surface area contributed by atoms with Crippen molar-refractivity contribution in [3.05, 3.63) is 35.4 Å². The van der Waals surface area contributed by atoms with E-state index in [0.717, 1.165) is 0 Å². The molecule has 0 radical (unpaired) electrons. The minimum atomic E-state index is -0.658. The number of Topliss-reactive ketones (excluding diaryl/α,β-unsaturated/α-hetero) is 2. The highest BCUT2D eigenvalue weighted by atomic mass is 79.9. The molecule has 0 spiro atoms. The number of hydrogen-bond acceptors (Lipinski definition) is 2. The van der Waals surface area contributed by atoms with E-state index in [9.17, 15) is 9.59 Å². The van der Waals surface area contributed by atoms with Gasteiger partial charge < -0.3 is 0 Å². The van der Waals surface area contributed by atoms with Crippen molar-refractivity contribution in [2.45, 2.75) is 4.83 Å². The first-order valence-electron chi connectivity index (χ1n) is 3.53. The predicted molar refractivity (Wildman–Crippen MR) is 47.8 cm³/mol. The van der Waals surface area contributed by atoms with Crippen molar-refractivity contribution in [1.82, 2.24) is 0 Å². The zero-order valence-corrected chi connectivity index (χ0v) is 7.67. The summed E-state index contributed by atoms with van der Waals surface area (Å²) in [4.78, 5) is 22.0. The second-order valence-electron chi connectivity index (χ2n) is 2.64. The maximum absolute atomic E-state index is 11.3. The third-order valence-corrected chi connectivity index (χ3v) is 2.75. The van der Waals surface area contributed by atoms with E-state index in [0.29, 0.717) is 11.1 Å². The molecule has 0 N–H and O–H groups in total. The highest BCUT2D eigenvalue weighted by molar-refractivity contribution is 9.10. The van der Waals surface area contributed by atoms with Crippen molar-refractivity contribution in [2.24, 2.45) is 0 Å². The Hall–Kier alpha value is -0.960. The van der Waals surface area contributed by atoms with Gasteiger partial charge >= 0.3 is 0 Å². The molecule has 1 aliphatic rings. The normalized spacial score (nSPS) is 16.8. The molecular formula is C9H5BrO2. The van der Waals surface area contributed by atoms with Gasteiger partial charge in [-0.05, 0) is 0 Å². The summed E-state index contributed by atoms with van der Waals surface area (Å²) >= 11 is 3.05. The van der Waals surface area contributed by atoms with Crippen molar-refractivity contribution in [2.75, 3.05) is 0 Å². The Balaban J connectivity index is 2.67. The van der Waals surface area contributed by atoms with E-state index in [1.807, 2.05) is 0 Å². The van der Waals surface area contributed by atoms with Crippen LogP contribution in [0.1, 0.15) is 20.7 Å². The molecule has 0 atom stereocenters. The molecule has 2 rings (SSSR count). The van der Waals surface area contributed by atoms with Crippen LogP contribution in [-0.2, 0) is 0 Å². The molecule has 0 saturated carbocycles. The number of benzene rings is 1. The molecule has 0 amide bonds. The third-order valence-electron chi connectivity index (χ3n) is 1.92. The molecule has 0 heterocycles. The lowest BCUT2D eigenvalue weighted by molar-refractivity contribution is 0.0934. The molecule has 60 valence electrons. The Morgan fingerprint density at radius 1 is 1.00 bits per heavy atom. The van der Waals surface area contributed by atoms with Gasteiger partial charge in [0.25, 0.3) is 0 Å². The SMILES string of the molecule is O=C1c2ccccc2C(=O)C1Br. The molecule has 0 aromatic heterocycles. The van der Waals surface area contributed by atoms with Gasteiger partial charge in [-0.1, -0.05) is 40.2 Å². The highest BCUT2D eigenvalue weighted by Gasteiger charge is 2.35. The maximum atomic E-state index is 11.3. The predicted octanol–water partition coefficient (Wildman–Crippen LogP) is 1.83. The first kappa shape index (κ1) is 7.68. The molecule has 3 heteroatoms. The van der Waals surface area contributed by atoms with E-state index < -0.39 is 4.83 Å². The number of carbonyl (C=O) groups excluding carboxylic acids is 2. The minimum absolute atomic E-state index is 0.129. The summed E-state index contributed by atoms with van der Waals surface area (Å²) in [5, 5.41) is 0. The average molecular weight is 225 g/mol. The van der Waals surface area contributed by atoms with E-state index in [4.69, 9.17) is 0 Å². The van der Waals surface area contributed by atoms with Crippen LogP contribution in [0, 0.1) is 0 Å². The lowest BCUT2D eigenvalue weighted by atomic mass is 10.1. The van der Waals surface area contributed by atoms with Crippen LogP contribution in [0.4, 0.5) is 0 Å². The second-order valence-corrected chi connectivity index (χ2v) is 3.55. The molecule has 12 heavy (non-hydrogen) atoms. The number of halogens is 1. The summed E-state index contributed by atoms with van der Waals surface area (Å²) in [7, 11) is 0. The molecule has 1 aromatic rings. The van der Waals surface area contributed by atoms with Gasteiger partial charge in [0.05, 0.1) is 0 Å². The van der Waals surface area contributed by atoms with E-state index in [1.165, 1.54) is 0 Å². The second kappa shape index (κ2) is 2.52. The Morgan fingerprint density at radius 3 is 1.83 bits per heavy atom. The topological polar surface area (TPSA) is 34.1 Å². The van der Waals surface area contributed by atoms with Crippen molar-refractivity contribution < 1.29 is 9.59 Å². The van der Waals surface area contributed by atoms with Gasteiger partial charge in [-0.3, -0.25) is 9.59 Å². The summed E-state index contributed by atoms with van der Waals surface area (Å²) in [5.74, 6) is -0.258. The Labute approximate surface area is 77.7 Å². The smallest absolute Gasteiger partial charge is 0.185 e. The fraction of sp³-hybridized carbons (Fsp3) is 0.111. The zero-order chi connectivity index (χ0) is 8.72. The van der Waals surface area contributed by atoms with Gasteiger partial charge in [-0.15, -0.1) is 0 Å². The monoisotopic (exact) mass is 224 g/mol. The number of ketones is 2. The van der Waals surface area contributed by atoms with Crippen LogP contribution >= 0.6 is 15.9 Å². The summed E-state index contributed by atoms with van der Waals surface area (Å²) in [6.07, 6.45) is 0. The van der Waals surface area contributed by atoms with Crippen molar-refractivity contribution >= 4 is 27.5 Å². The number of alkyl halides is 1. The van der Waals surface area contributed by atoms with E-state index in [1.54, 1.807) is 24.3 Å². The lowest BCUT2D eigenvalue weighted by Gasteiger charge is -1.90. The largest absolute Gasteiger partial charge is 0.292 e. The maximum Gasteiger partial charge on any atom is 0.185 e. The molecule has 0 aliphatic heterocycles. The summed E-state index contributed by atoms with van der Waals surface area (Å²) in [5.41, 5.74) is 1.06. The summed E-state index contributed by atoms with van der Waals surface area (Å²) in [6.45, 7) is 0. The lowest BCUT2D eigenvalue weighted by Crippen LogP contribution is -2.13. The van der Waals surface area contributed by atoms with Crippen LogP contribution in [0.5, 0.6) is 0 Å². The van der Waals surface area contributed by atoms with Crippen LogP contribution in [0.25, 0.3) is 0 Å². The highest BCUT2D eigenvalue weighted by Crippen LogP contribution is 2.26. The molecular weight excluding hydrogens is 220 g/mol. The number of hydrogen-bond donors (Lipinski definition) is 0. The van der Waals surface area contributed by atoms with Gasteiger partial charge in [-0.2, -0.15) is 0 Å². The number of fused-ring (bicyclic) bond motifs is 1. The van der Waals surface area contributed by atoms with Crippen LogP contribution in [0.2, 0.25) is 0 Å². The molecule has 0 fully saturated rings. The molecule has 1 aromatic carbocycles. The number of carbonyl (C=O) groups is 2. The van der Waals surface area contributed by atoms with E-state index in [-0.39, 0.29) is 11.6 Å². The molecule has 2 nitrogen and oxygen atoms in total. The van der Waals surface area contributed by atoms with Crippen LogP contribution in [0.15, 0.2) is 24.3 Å². The summed E-state index contributed by atoms with van der Waals surface area (Å²) < 4.78 is 0. The van der Waals surface area contributed by atoms with Crippen molar-refractivity contribution in [3.63, 3.8) is 0 Å². The first-order chi connectivity index (χ1) is 5.72. The van der Waals surface area contributed by atoms with Gasteiger partial charge in [0.2, 0.25) is 0 Å². The van der Waals surface area contributed by atoms with E-state index in [2.05, 4.69) is 15.9 Å².